The molecule has 0 saturated carbocycles. The lowest BCUT2D eigenvalue weighted by atomic mass is 10.1. The van der Waals surface area contributed by atoms with Gasteiger partial charge in [0.25, 0.3) is 5.91 Å². The van der Waals surface area contributed by atoms with Crippen LogP contribution in [0.4, 0.5) is 5.82 Å². The van der Waals surface area contributed by atoms with Crippen LogP contribution in [0, 0.1) is 3.57 Å². The van der Waals surface area contributed by atoms with Crippen LogP contribution in [0.5, 0.6) is 5.75 Å². The van der Waals surface area contributed by atoms with Crippen LogP contribution in [0.25, 0.3) is 0 Å². The van der Waals surface area contributed by atoms with E-state index in [1.807, 2.05) is 18.2 Å². The van der Waals surface area contributed by atoms with E-state index in [0.29, 0.717) is 18.0 Å². The summed E-state index contributed by atoms with van der Waals surface area (Å²) in [5, 5.41) is 2.78. The van der Waals surface area contributed by atoms with Crippen molar-refractivity contribution in [3.05, 3.63) is 51.2 Å². The van der Waals surface area contributed by atoms with Gasteiger partial charge in [-0.3, -0.25) is 4.79 Å². The van der Waals surface area contributed by atoms with E-state index >= 15 is 0 Å². The summed E-state index contributed by atoms with van der Waals surface area (Å²) < 4.78 is 6.45. The van der Waals surface area contributed by atoms with Crippen molar-refractivity contribution in [1.29, 1.82) is 0 Å². The Bertz CT molecular complexity index is 626. The van der Waals surface area contributed by atoms with Crippen molar-refractivity contribution < 1.29 is 9.53 Å². The molecule has 0 atom stereocenters. The molecule has 1 N–H and O–H groups in total. The van der Waals surface area contributed by atoms with Gasteiger partial charge < -0.3 is 10.1 Å². The summed E-state index contributed by atoms with van der Waals surface area (Å²) in [4.78, 5) is 16.3. The number of nitrogens with one attached hydrogen (secondary N) is 1. The molecular formula is C14H11IN2O2. The van der Waals surface area contributed by atoms with E-state index in [9.17, 15) is 4.79 Å². The summed E-state index contributed by atoms with van der Waals surface area (Å²) in [5.41, 5.74) is 1.72. The molecule has 0 bridgehead atoms. The molecule has 0 radical (unpaired) electrons. The Morgan fingerprint density at radius 1 is 1.32 bits per heavy atom. The lowest BCUT2D eigenvalue weighted by Gasteiger charge is -2.06. The average molecular weight is 366 g/mol. The predicted molar refractivity (Wildman–Crippen MR) is 80.5 cm³/mol. The Morgan fingerprint density at radius 2 is 2.21 bits per heavy atom. The van der Waals surface area contributed by atoms with Gasteiger partial charge in [-0.1, -0.05) is 0 Å². The smallest absolute Gasteiger partial charge is 0.256 e. The second-order valence-corrected chi connectivity index (χ2v) is 5.48. The minimum atomic E-state index is -0.150. The van der Waals surface area contributed by atoms with Crippen LogP contribution in [-0.2, 0) is 6.42 Å². The summed E-state index contributed by atoms with van der Waals surface area (Å²) in [7, 11) is 0. The number of pyridine rings is 1. The normalized spacial score (nSPS) is 12.7. The molecule has 96 valence electrons. The number of carbonyl (C=O) groups is 1. The largest absolute Gasteiger partial charge is 0.493 e. The molecule has 3 rings (SSSR count). The first-order valence-corrected chi connectivity index (χ1v) is 6.99. The third kappa shape index (κ3) is 2.70. The number of benzene rings is 1. The maximum Gasteiger partial charge on any atom is 0.256 e. The van der Waals surface area contributed by atoms with Crippen LogP contribution in [0.15, 0.2) is 36.5 Å². The number of hydrogen-bond donors (Lipinski definition) is 1. The van der Waals surface area contributed by atoms with Crippen LogP contribution in [-0.4, -0.2) is 17.5 Å². The van der Waals surface area contributed by atoms with Crippen molar-refractivity contribution in [2.24, 2.45) is 0 Å². The van der Waals surface area contributed by atoms with Gasteiger partial charge >= 0.3 is 0 Å². The molecule has 0 fully saturated rings. The molecule has 1 aliphatic rings. The zero-order valence-corrected chi connectivity index (χ0v) is 12.2. The van der Waals surface area contributed by atoms with E-state index < -0.39 is 0 Å². The van der Waals surface area contributed by atoms with Crippen LogP contribution in [0.2, 0.25) is 0 Å². The fourth-order valence-corrected chi connectivity index (χ4v) is 2.29. The van der Waals surface area contributed by atoms with Gasteiger partial charge in [-0.05, 0) is 58.5 Å². The van der Waals surface area contributed by atoms with E-state index in [-0.39, 0.29) is 5.91 Å². The zero-order chi connectivity index (χ0) is 13.2. The second kappa shape index (κ2) is 5.16. The van der Waals surface area contributed by atoms with E-state index in [4.69, 9.17) is 4.74 Å². The molecule has 0 aliphatic carbocycles. The lowest BCUT2D eigenvalue weighted by molar-refractivity contribution is 0.102. The van der Waals surface area contributed by atoms with Gasteiger partial charge in [-0.25, -0.2) is 4.98 Å². The molecule has 0 spiro atoms. The van der Waals surface area contributed by atoms with Crippen molar-refractivity contribution >= 4 is 34.3 Å². The van der Waals surface area contributed by atoms with E-state index in [2.05, 4.69) is 32.9 Å². The average Bonchev–Trinajstić information content (AvgIpc) is 2.88. The molecule has 1 aromatic heterocycles. The number of amides is 1. The number of anilines is 1. The van der Waals surface area contributed by atoms with Gasteiger partial charge in [0, 0.05) is 21.8 Å². The number of aromatic nitrogens is 1. The first-order valence-electron chi connectivity index (χ1n) is 5.91. The molecule has 1 aliphatic heterocycles. The highest BCUT2D eigenvalue weighted by atomic mass is 127. The number of hydrogen-bond acceptors (Lipinski definition) is 3. The van der Waals surface area contributed by atoms with E-state index in [0.717, 1.165) is 21.3 Å². The topological polar surface area (TPSA) is 51.2 Å². The minimum absolute atomic E-state index is 0.150. The quantitative estimate of drug-likeness (QED) is 0.832. The Kier molecular flexibility index (Phi) is 3.37. The maximum absolute atomic E-state index is 12.1. The fraction of sp³-hybridized carbons (Fsp3) is 0.143. The summed E-state index contributed by atoms with van der Waals surface area (Å²) in [5.74, 6) is 1.29. The molecule has 1 aromatic carbocycles. The minimum Gasteiger partial charge on any atom is -0.493 e. The van der Waals surface area contributed by atoms with Crippen LogP contribution in [0.3, 0.4) is 0 Å². The van der Waals surface area contributed by atoms with Gasteiger partial charge in [0.1, 0.15) is 11.6 Å². The zero-order valence-electron chi connectivity index (χ0n) is 10.0. The Balaban J connectivity index is 1.78. The fourth-order valence-electron chi connectivity index (χ4n) is 1.97. The van der Waals surface area contributed by atoms with E-state index in [1.54, 1.807) is 18.3 Å². The van der Waals surface area contributed by atoms with Crippen molar-refractivity contribution in [1.82, 2.24) is 4.98 Å². The summed E-state index contributed by atoms with van der Waals surface area (Å²) in [6, 6.07) is 9.19. The summed E-state index contributed by atoms with van der Waals surface area (Å²) >= 11 is 2.17. The molecule has 2 heterocycles. The molecule has 0 saturated heterocycles. The van der Waals surface area contributed by atoms with Gasteiger partial charge in [0.05, 0.1) is 6.61 Å². The molecule has 2 aromatic rings. The molecule has 0 unspecified atom stereocenters. The van der Waals surface area contributed by atoms with Crippen LogP contribution >= 0.6 is 22.6 Å². The Labute approximate surface area is 124 Å². The number of rotatable bonds is 2. The Morgan fingerprint density at radius 3 is 3.00 bits per heavy atom. The van der Waals surface area contributed by atoms with Crippen molar-refractivity contribution in [2.45, 2.75) is 6.42 Å². The van der Waals surface area contributed by atoms with Crippen LogP contribution < -0.4 is 10.1 Å². The lowest BCUT2D eigenvalue weighted by Crippen LogP contribution is -2.13. The Hall–Kier alpha value is -1.63. The SMILES string of the molecule is O=C(Nc1ccc(I)cn1)c1ccc2c(c1)CCO2. The third-order valence-electron chi connectivity index (χ3n) is 2.92. The number of carbonyl (C=O) groups excluding carboxylic acids is 1. The number of fused-ring (bicyclic) bond motifs is 1. The summed E-state index contributed by atoms with van der Waals surface area (Å²) in [6.07, 6.45) is 2.57. The highest BCUT2D eigenvalue weighted by Gasteiger charge is 2.15. The van der Waals surface area contributed by atoms with Crippen molar-refractivity contribution in [2.75, 3.05) is 11.9 Å². The first-order chi connectivity index (χ1) is 9.22. The number of ether oxygens (including phenoxy) is 1. The maximum atomic E-state index is 12.1. The number of halogens is 1. The highest BCUT2D eigenvalue weighted by molar-refractivity contribution is 14.1. The van der Waals surface area contributed by atoms with Crippen LogP contribution in [0.1, 0.15) is 15.9 Å². The van der Waals surface area contributed by atoms with Gasteiger partial charge in [0.2, 0.25) is 0 Å². The first kappa shape index (κ1) is 12.4. The number of nitrogens with zero attached hydrogens (tertiary/aromatic N) is 1. The van der Waals surface area contributed by atoms with E-state index in [1.165, 1.54) is 0 Å². The van der Waals surface area contributed by atoms with Gasteiger partial charge in [-0.15, -0.1) is 0 Å². The summed E-state index contributed by atoms with van der Waals surface area (Å²) in [6.45, 7) is 0.694. The van der Waals surface area contributed by atoms with Crippen molar-refractivity contribution in [3.63, 3.8) is 0 Å². The molecule has 19 heavy (non-hydrogen) atoms. The predicted octanol–water partition coefficient (Wildman–Crippen LogP) is 2.87. The third-order valence-corrected chi connectivity index (χ3v) is 3.56. The highest BCUT2D eigenvalue weighted by Crippen LogP contribution is 2.26. The monoisotopic (exact) mass is 366 g/mol. The molecule has 4 nitrogen and oxygen atoms in total. The van der Waals surface area contributed by atoms with Crippen molar-refractivity contribution in [3.8, 4) is 5.75 Å². The molecule has 1 amide bonds. The van der Waals surface area contributed by atoms with Gasteiger partial charge in [-0.2, -0.15) is 0 Å². The second-order valence-electron chi connectivity index (χ2n) is 4.24. The van der Waals surface area contributed by atoms with Gasteiger partial charge in [0.15, 0.2) is 0 Å². The molecular weight excluding hydrogens is 355 g/mol. The standard InChI is InChI=1S/C14H11IN2O2/c15-11-2-4-13(16-8-11)17-14(18)10-1-3-12-9(7-10)5-6-19-12/h1-4,7-8H,5-6H2,(H,16,17,18). The molecule has 5 heteroatoms.